The molecule has 3 aromatic carbocycles. The summed E-state index contributed by atoms with van der Waals surface area (Å²) in [5.74, 6) is 1.23. The number of methoxy groups -OCH3 is 1. The number of fused-ring (bicyclic) bond motifs is 1. The van der Waals surface area contributed by atoms with Gasteiger partial charge in [0.25, 0.3) is 0 Å². The van der Waals surface area contributed by atoms with E-state index in [1.165, 1.54) is 0 Å². The largest absolute Gasteiger partial charge is 0.497 e. The average molecular weight is 293 g/mol. The molecule has 1 N–H and O–H groups in total. The van der Waals surface area contributed by atoms with Crippen LogP contribution in [0.15, 0.2) is 66.7 Å². The summed E-state index contributed by atoms with van der Waals surface area (Å²) in [6.45, 7) is 0. The van der Waals surface area contributed by atoms with Crippen LogP contribution in [-0.4, -0.2) is 13.2 Å². The molecule has 0 unspecified atom stereocenters. The lowest BCUT2D eigenvalue weighted by molar-refractivity contribution is 0.215. The van der Waals surface area contributed by atoms with E-state index in [-0.39, 0.29) is 0 Å². The summed E-state index contributed by atoms with van der Waals surface area (Å²) in [6, 6.07) is 20.5. The molecule has 0 heterocycles. The van der Waals surface area contributed by atoms with Crippen LogP contribution in [-0.2, 0) is 0 Å². The lowest BCUT2D eigenvalue weighted by atomic mass is 10.1. The molecule has 0 radical (unpaired) electrons. The molecular weight excluding hydrogens is 278 g/mol. The average Bonchev–Trinajstić information content (AvgIpc) is 2.55. The number of amides is 1. The number of hydrogen-bond acceptors (Lipinski definition) is 3. The third kappa shape index (κ3) is 3.17. The topological polar surface area (TPSA) is 47.6 Å². The van der Waals surface area contributed by atoms with Crippen LogP contribution >= 0.6 is 0 Å². The van der Waals surface area contributed by atoms with Crippen LogP contribution in [0.2, 0.25) is 0 Å². The third-order valence-electron chi connectivity index (χ3n) is 3.27. The fraction of sp³-hybridized carbons (Fsp3) is 0.0556. The maximum atomic E-state index is 11.9. The Bertz CT molecular complexity index is 797. The van der Waals surface area contributed by atoms with E-state index in [9.17, 15) is 4.79 Å². The Balaban J connectivity index is 1.69. The summed E-state index contributed by atoms with van der Waals surface area (Å²) >= 11 is 0. The van der Waals surface area contributed by atoms with E-state index >= 15 is 0 Å². The van der Waals surface area contributed by atoms with Gasteiger partial charge in [-0.2, -0.15) is 0 Å². The molecular formula is C18H15NO3. The number of carbonyl (C=O) groups is 1. The number of anilines is 1. The van der Waals surface area contributed by atoms with E-state index in [0.717, 1.165) is 16.5 Å². The molecule has 0 spiro atoms. The highest BCUT2D eigenvalue weighted by Gasteiger charge is 2.06. The van der Waals surface area contributed by atoms with Crippen molar-refractivity contribution in [2.45, 2.75) is 0 Å². The molecule has 0 aliphatic carbocycles. The van der Waals surface area contributed by atoms with Gasteiger partial charge in [0.2, 0.25) is 0 Å². The van der Waals surface area contributed by atoms with E-state index in [4.69, 9.17) is 9.47 Å². The van der Waals surface area contributed by atoms with E-state index in [1.807, 2.05) is 36.4 Å². The minimum absolute atomic E-state index is 0.504. The van der Waals surface area contributed by atoms with Crippen LogP contribution in [0.1, 0.15) is 0 Å². The van der Waals surface area contributed by atoms with Crippen LogP contribution in [0.4, 0.5) is 10.5 Å². The SMILES string of the molecule is COc1ccc(NC(=O)Oc2ccc3ccccc3c2)cc1. The van der Waals surface area contributed by atoms with Crippen molar-refractivity contribution >= 4 is 22.6 Å². The maximum Gasteiger partial charge on any atom is 0.417 e. The summed E-state index contributed by atoms with van der Waals surface area (Å²) < 4.78 is 10.4. The Morgan fingerprint density at radius 1 is 0.864 bits per heavy atom. The molecule has 4 heteroatoms. The lowest BCUT2D eigenvalue weighted by Gasteiger charge is -2.08. The normalized spacial score (nSPS) is 10.2. The zero-order valence-electron chi connectivity index (χ0n) is 12.1. The van der Waals surface area contributed by atoms with E-state index in [1.54, 1.807) is 37.4 Å². The second-order valence-corrected chi connectivity index (χ2v) is 4.75. The first-order valence-corrected chi connectivity index (χ1v) is 6.86. The molecule has 3 rings (SSSR count). The maximum absolute atomic E-state index is 11.9. The molecule has 3 aromatic rings. The third-order valence-corrected chi connectivity index (χ3v) is 3.27. The fourth-order valence-electron chi connectivity index (χ4n) is 2.16. The van der Waals surface area contributed by atoms with Crippen LogP contribution in [0, 0.1) is 0 Å². The smallest absolute Gasteiger partial charge is 0.417 e. The highest BCUT2D eigenvalue weighted by Crippen LogP contribution is 2.21. The molecule has 0 bridgehead atoms. The summed E-state index contributed by atoms with van der Waals surface area (Å²) in [6.07, 6.45) is -0.527. The molecule has 0 saturated carbocycles. The molecule has 0 aliphatic heterocycles. The van der Waals surface area contributed by atoms with E-state index in [2.05, 4.69) is 5.32 Å². The summed E-state index contributed by atoms with van der Waals surface area (Å²) in [5, 5.41) is 4.80. The minimum atomic E-state index is -0.527. The van der Waals surface area contributed by atoms with Gasteiger partial charge in [0.15, 0.2) is 0 Å². The van der Waals surface area contributed by atoms with Crippen LogP contribution in [0.3, 0.4) is 0 Å². The highest BCUT2D eigenvalue weighted by molar-refractivity contribution is 5.88. The van der Waals surface area contributed by atoms with Crippen molar-refractivity contribution in [1.29, 1.82) is 0 Å². The molecule has 0 fully saturated rings. The number of benzene rings is 3. The van der Waals surface area contributed by atoms with Gasteiger partial charge in [-0.05, 0) is 47.2 Å². The molecule has 110 valence electrons. The quantitative estimate of drug-likeness (QED) is 0.775. The summed E-state index contributed by atoms with van der Waals surface area (Å²) in [4.78, 5) is 11.9. The zero-order valence-corrected chi connectivity index (χ0v) is 12.1. The minimum Gasteiger partial charge on any atom is -0.497 e. The van der Waals surface area contributed by atoms with Crippen LogP contribution < -0.4 is 14.8 Å². The first-order valence-electron chi connectivity index (χ1n) is 6.86. The Kier molecular flexibility index (Phi) is 3.92. The highest BCUT2D eigenvalue weighted by atomic mass is 16.6. The van der Waals surface area contributed by atoms with Crippen molar-refractivity contribution in [3.63, 3.8) is 0 Å². The number of hydrogen-bond donors (Lipinski definition) is 1. The lowest BCUT2D eigenvalue weighted by Crippen LogP contribution is -2.16. The second-order valence-electron chi connectivity index (χ2n) is 4.75. The predicted octanol–water partition coefficient (Wildman–Crippen LogP) is 4.46. The van der Waals surface area contributed by atoms with Crippen molar-refractivity contribution in [3.05, 3.63) is 66.7 Å². The van der Waals surface area contributed by atoms with Gasteiger partial charge in [-0.25, -0.2) is 4.79 Å². The molecule has 0 atom stereocenters. The van der Waals surface area contributed by atoms with Crippen LogP contribution in [0.5, 0.6) is 11.5 Å². The van der Waals surface area contributed by atoms with Gasteiger partial charge in [0.1, 0.15) is 11.5 Å². The molecule has 0 aromatic heterocycles. The number of rotatable bonds is 3. The van der Waals surface area contributed by atoms with Gasteiger partial charge < -0.3 is 9.47 Å². The number of carbonyl (C=O) groups excluding carboxylic acids is 1. The monoisotopic (exact) mass is 293 g/mol. The Morgan fingerprint density at radius 2 is 1.55 bits per heavy atom. The predicted molar refractivity (Wildman–Crippen MR) is 86.6 cm³/mol. The Hall–Kier alpha value is -3.01. The van der Waals surface area contributed by atoms with Crippen molar-refractivity contribution in [1.82, 2.24) is 0 Å². The number of nitrogens with one attached hydrogen (secondary N) is 1. The van der Waals surface area contributed by atoms with Gasteiger partial charge >= 0.3 is 6.09 Å². The fourth-order valence-corrected chi connectivity index (χ4v) is 2.16. The van der Waals surface area contributed by atoms with Gasteiger partial charge in [-0.15, -0.1) is 0 Å². The van der Waals surface area contributed by atoms with Crippen LogP contribution in [0.25, 0.3) is 10.8 Å². The van der Waals surface area contributed by atoms with Crippen molar-refractivity contribution in [2.75, 3.05) is 12.4 Å². The van der Waals surface area contributed by atoms with Gasteiger partial charge in [0.05, 0.1) is 7.11 Å². The molecule has 4 nitrogen and oxygen atoms in total. The molecule has 1 amide bonds. The molecule has 0 saturated heterocycles. The van der Waals surface area contributed by atoms with Gasteiger partial charge in [-0.3, -0.25) is 5.32 Å². The zero-order chi connectivity index (χ0) is 15.4. The van der Waals surface area contributed by atoms with E-state index < -0.39 is 6.09 Å². The Labute approximate surface area is 128 Å². The standard InChI is InChI=1S/C18H15NO3/c1-21-16-10-7-15(8-11-16)19-18(20)22-17-9-6-13-4-2-3-5-14(13)12-17/h2-12H,1H3,(H,19,20). The van der Waals surface area contributed by atoms with Crippen molar-refractivity contribution < 1.29 is 14.3 Å². The van der Waals surface area contributed by atoms with E-state index in [0.29, 0.717) is 11.4 Å². The Morgan fingerprint density at radius 3 is 2.27 bits per heavy atom. The summed E-state index contributed by atoms with van der Waals surface area (Å²) in [5.41, 5.74) is 0.645. The van der Waals surface area contributed by atoms with Crippen molar-refractivity contribution in [3.8, 4) is 11.5 Å². The number of ether oxygens (including phenoxy) is 2. The van der Waals surface area contributed by atoms with Crippen molar-refractivity contribution in [2.24, 2.45) is 0 Å². The summed E-state index contributed by atoms with van der Waals surface area (Å²) in [7, 11) is 1.59. The molecule has 22 heavy (non-hydrogen) atoms. The first-order chi connectivity index (χ1) is 10.7. The second kappa shape index (κ2) is 6.18. The molecule has 0 aliphatic rings. The van der Waals surface area contributed by atoms with Gasteiger partial charge in [0, 0.05) is 5.69 Å². The first kappa shape index (κ1) is 13.9. The van der Waals surface area contributed by atoms with Gasteiger partial charge in [-0.1, -0.05) is 30.3 Å².